The second kappa shape index (κ2) is 21.2. The second-order valence-electron chi connectivity index (χ2n) is 10.9. The Morgan fingerprint density at radius 2 is 0.909 bits per heavy atom. The Bertz CT molecular complexity index is 480. The summed E-state index contributed by atoms with van der Waals surface area (Å²) < 4.78 is 14.4. The molecule has 1 nitrogen and oxygen atoms in total. The summed E-state index contributed by atoms with van der Waals surface area (Å²) in [6.45, 7) is 17.0. The van der Waals surface area contributed by atoms with Gasteiger partial charge in [-0.1, -0.05) is 0 Å². The van der Waals surface area contributed by atoms with Gasteiger partial charge in [0.05, 0.1) is 0 Å². The third-order valence-corrected chi connectivity index (χ3v) is 40.5. The van der Waals surface area contributed by atoms with Crippen LogP contribution in [0.3, 0.4) is 0 Å². The number of allylic oxidation sites excluding steroid dienone is 2. The minimum atomic E-state index is -2.56. The van der Waals surface area contributed by atoms with Crippen molar-refractivity contribution in [1.82, 2.24) is 0 Å². The standard InChI is InChI=1S/C6H8O.6C4H9.2Sn/c1-3-6(2)4-5-7;6*1-3-4-2;;/h1,4,7H,5H2,2H3;6*1,3-4H2,2H3;;/b3-1?,6-4-;;;;;;;;. The molecule has 0 saturated heterocycles. The summed E-state index contributed by atoms with van der Waals surface area (Å²) in [6.07, 6.45) is 18.8. The van der Waals surface area contributed by atoms with Crippen molar-refractivity contribution in [3.63, 3.8) is 0 Å². The van der Waals surface area contributed by atoms with Crippen molar-refractivity contribution >= 4 is 36.8 Å². The molecular formula is C30H62OSn2. The topological polar surface area (TPSA) is 20.2 Å². The van der Waals surface area contributed by atoms with Crippen LogP contribution in [0.5, 0.6) is 0 Å². The molecule has 3 heteroatoms. The minimum absolute atomic E-state index is 0.210. The summed E-state index contributed by atoms with van der Waals surface area (Å²) in [4.78, 5) is 0. The van der Waals surface area contributed by atoms with Crippen LogP contribution in [0.25, 0.3) is 0 Å². The van der Waals surface area contributed by atoms with Gasteiger partial charge in [-0.05, 0) is 0 Å². The fraction of sp³-hybridized carbons (Fsp3) is 0.867. The monoisotopic (exact) mass is 678 g/mol. The molecule has 0 atom stereocenters. The zero-order chi connectivity index (χ0) is 25.0. The number of rotatable bonds is 22. The van der Waals surface area contributed by atoms with Gasteiger partial charge in [0.1, 0.15) is 0 Å². The summed E-state index contributed by atoms with van der Waals surface area (Å²) in [6, 6.07) is 0. The summed E-state index contributed by atoms with van der Waals surface area (Å²) in [5, 5.41) is 9.94. The van der Waals surface area contributed by atoms with Crippen molar-refractivity contribution in [2.45, 2.75) is 152 Å². The summed E-state index contributed by atoms with van der Waals surface area (Å²) in [7, 11) is 0. The van der Waals surface area contributed by atoms with Crippen LogP contribution in [-0.4, -0.2) is 48.5 Å². The van der Waals surface area contributed by atoms with E-state index in [0.29, 0.717) is 0 Å². The van der Waals surface area contributed by atoms with Crippen LogP contribution in [0.15, 0.2) is 19.3 Å². The molecule has 0 aliphatic rings. The predicted octanol–water partition coefficient (Wildman–Crippen LogP) is 10.6. The van der Waals surface area contributed by atoms with Gasteiger partial charge in [-0.3, -0.25) is 0 Å². The molecule has 0 aromatic rings. The maximum atomic E-state index is 9.94. The number of hydrogen-bond donors (Lipinski definition) is 1. The average Bonchev–Trinajstić information content (AvgIpc) is 2.83. The second-order valence-corrected chi connectivity index (χ2v) is 36.9. The van der Waals surface area contributed by atoms with Crippen molar-refractivity contribution < 1.29 is 5.11 Å². The number of unbranched alkanes of at least 4 members (excludes halogenated alkanes) is 6. The molecular weight excluding hydrogens is 614 g/mol. The number of aliphatic hydroxyl groups is 1. The van der Waals surface area contributed by atoms with Gasteiger partial charge in [0.25, 0.3) is 0 Å². The molecule has 0 aromatic carbocycles. The van der Waals surface area contributed by atoms with E-state index < -0.39 is 36.8 Å². The number of aliphatic hydroxyl groups excluding tert-OH is 1. The normalized spacial score (nSPS) is 13.7. The van der Waals surface area contributed by atoms with Crippen LogP contribution in [-0.2, 0) is 0 Å². The molecule has 0 aliphatic heterocycles. The van der Waals surface area contributed by atoms with E-state index in [2.05, 4.69) is 58.6 Å². The third-order valence-electron chi connectivity index (χ3n) is 7.96. The van der Waals surface area contributed by atoms with Crippen molar-refractivity contribution in [1.29, 1.82) is 0 Å². The molecule has 0 amide bonds. The first kappa shape index (κ1) is 34.0. The first-order valence-electron chi connectivity index (χ1n) is 15.0. The molecule has 0 spiro atoms. The molecule has 0 radical (unpaired) electrons. The molecule has 0 unspecified atom stereocenters. The van der Waals surface area contributed by atoms with E-state index >= 15 is 0 Å². The van der Waals surface area contributed by atoms with Gasteiger partial charge in [0.15, 0.2) is 0 Å². The van der Waals surface area contributed by atoms with E-state index in [-0.39, 0.29) is 6.61 Å². The maximum absolute atomic E-state index is 9.94. The van der Waals surface area contributed by atoms with Gasteiger partial charge >= 0.3 is 220 Å². The van der Waals surface area contributed by atoms with E-state index in [0.717, 1.165) is 0 Å². The van der Waals surface area contributed by atoms with Crippen LogP contribution in [0, 0.1) is 0 Å². The fourth-order valence-electron chi connectivity index (χ4n) is 5.74. The van der Waals surface area contributed by atoms with Crippen LogP contribution in [0.4, 0.5) is 0 Å². The third kappa shape index (κ3) is 13.2. The Balaban J connectivity index is 6.87. The summed E-state index contributed by atoms with van der Waals surface area (Å²) in [5.74, 6) is 0. The molecule has 33 heavy (non-hydrogen) atoms. The molecule has 0 bridgehead atoms. The Kier molecular flexibility index (Phi) is 21.8. The van der Waals surface area contributed by atoms with Crippen molar-refractivity contribution in [2.24, 2.45) is 0 Å². The van der Waals surface area contributed by atoms with Gasteiger partial charge in [-0.25, -0.2) is 0 Å². The molecule has 0 aromatic heterocycles. The Morgan fingerprint density at radius 1 is 0.576 bits per heavy atom. The Morgan fingerprint density at radius 3 is 1.21 bits per heavy atom. The molecule has 0 aliphatic carbocycles. The fourth-order valence-corrected chi connectivity index (χ4v) is 49.1. The summed E-state index contributed by atoms with van der Waals surface area (Å²) >= 11 is -4.97. The summed E-state index contributed by atoms with van der Waals surface area (Å²) in [5.41, 5.74) is 1.50. The Hall–Kier alpha value is 1.04. The van der Waals surface area contributed by atoms with E-state index in [1.54, 1.807) is 26.6 Å². The van der Waals surface area contributed by atoms with Gasteiger partial charge in [0.2, 0.25) is 0 Å². The molecule has 0 heterocycles. The quantitative estimate of drug-likeness (QED) is 0.0894. The Labute approximate surface area is 218 Å². The van der Waals surface area contributed by atoms with E-state index in [4.69, 9.17) is 0 Å². The zero-order valence-corrected chi connectivity index (χ0v) is 29.7. The van der Waals surface area contributed by atoms with Gasteiger partial charge < -0.3 is 0 Å². The SMILES string of the molecule is CCC[CH2][Sn](/[CH]=[C](/C(C)=C\CO)[Sn]([CH2]CCC)([CH2]CCC)[CH2]CCC)([CH2]CCC)[CH2]CCC. The zero-order valence-electron chi connectivity index (χ0n) is 24.0. The van der Waals surface area contributed by atoms with E-state index in [1.807, 2.05) is 3.59 Å². The van der Waals surface area contributed by atoms with Gasteiger partial charge in [-0.15, -0.1) is 0 Å². The first-order chi connectivity index (χ1) is 15.9. The molecule has 1 N–H and O–H groups in total. The first-order valence-corrected chi connectivity index (χ1v) is 30.1. The predicted molar refractivity (Wildman–Crippen MR) is 159 cm³/mol. The van der Waals surface area contributed by atoms with Crippen LogP contribution in [0.2, 0.25) is 26.6 Å². The molecule has 0 fully saturated rings. The molecule has 196 valence electrons. The number of hydrogen-bond acceptors (Lipinski definition) is 1. The molecule has 0 rings (SSSR count). The van der Waals surface area contributed by atoms with Crippen LogP contribution in [0.1, 0.15) is 126 Å². The van der Waals surface area contributed by atoms with Crippen LogP contribution < -0.4 is 0 Å². The van der Waals surface area contributed by atoms with Gasteiger partial charge in [0, 0.05) is 0 Å². The van der Waals surface area contributed by atoms with Crippen molar-refractivity contribution in [3.8, 4) is 0 Å². The van der Waals surface area contributed by atoms with E-state index in [9.17, 15) is 5.11 Å². The molecule has 0 saturated carbocycles. The van der Waals surface area contributed by atoms with Crippen molar-refractivity contribution in [3.05, 3.63) is 19.3 Å². The van der Waals surface area contributed by atoms with Crippen LogP contribution >= 0.6 is 0 Å². The van der Waals surface area contributed by atoms with Gasteiger partial charge in [-0.2, -0.15) is 0 Å². The van der Waals surface area contributed by atoms with E-state index in [1.165, 1.54) is 82.6 Å². The van der Waals surface area contributed by atoms with Crippen molar-refractivity contribution in [2.75, 3.05) is 6.61 Å². The average molecular weight is 676 g/mol.